The molecule has 3 aliphatic rings. The van der Waals surface area contributed by atoms with E-state index in [-0.39, 0.29) is 0 Å². The van der Waals surface area contributed by atoms with Gasteiger partial charge in [-0.15, -0.1) is 0 Å². The topological polar surface area (TPSA) is 12.4 Å². The number of allylic oxidation sites excluding steroid dienone is 4. The van der Waals surface area contributed by atoms with Crippen LogP contribution in [0.15, 0.2) is 29.3 Å². The van der Waals surface area contributed by atoms with Crippen LogP contribution in [-0.4, -0.2) is 12.3 Å². The first-order valence-corrected chi connectivity index (χ1v) is 5.66. The van der Waals surface area contributed by atoms with Crippen LogP contribution in [0.4, 0.5) is 0 Å². The standard InChI is InChI=1S/C13H17N/c1-13(12-9-14-12)7-6-10-4-2-3-5-11(10)8-13/h2-5,9-12H,6-8H2,1H3. The van der Waals surface area contributed by atoms with Crippen molar-refractivity contribution in [2.75, 3.05) is 0 Å². The summed E-state index contributed by atoms with van der Waals surface area (Å²) >= 11 is 0. The van der Waals surface area contributed by atoms with Gasteiger partial charge in [0.1, 0.15) is 0 Å². The third kappa shape index (κ3) is 1.26. The number of fused-ring (bicyclic) bond motifs is 1. The molecule has 1 nitrogen and oxygen atoms in total. The zero-order valence-corrected chi connectivity index (χ0v) is 8.69. The van der Waals surface area contributed by atoms with Gasteiger partial charge in [0.05, 0.1) is 6.04 Å². The molecule has 0 aromatic heterocycles. The van der Waals surface area contributed by atoms with E-state index in [1.165, 1.54) is 19.3 Å². The maximum Gasteiger partial charge on any atom is 0.0896 e. The van der Waals surface area contributed by atoms with Crippen LogP contribution in [0, 0.1) is 17.3 Å². The molecule has 4 atom stereocenters. The maximum absolute atomic E-state index is 4.37. The zero-order chi connectivity index (χ0) is 9.60. The van der Waals surface area contributed by atoms with Gasteiger partial charge in [0, 0.05) is 6.21 Å². The van der Waals surface area contributed by atoms with Crippen LogP contribution < -0.4 is 0 Å². The zero-order valence-electron chi connectivity index (χ0n) is 8.69. The van der Waals surface area contributed by atoms with Gasteiger partial charge in [0.2, 0.25) is 0 Å². The van der Waals surface area contributed by atoms with Gasteiger partial charge in [-0.25, -0.2) is 0 Å². The SMILES string of the molecule is CC1(C2C=N2)CCC2C=CC=CC2C1. The first-order chi connectivity index (χ1) is 6.78. The molecule has 1 aliphatic heterocycles. The van der Waals surface area contributed by atoms with E-state index in [0.29, 0.717) is 11.5 Å². The summed E-state index contributed by atoms with van der Waals surface area (Å²) in [6.07, 6.45) is 15.3. The highest BCUT2D eigenvalue weighted by atomic mass is 14.9. The Labute approximate surface area is 85.6 Å². The second-order valence-electron chi connectivity index (χ2n) is 5.24. The fraction of sp³-hybridized carbons (Fsp3) is 0.615. The molecule has 0 spiro atoms. The molecule has 0 N–H and O–H groups in total. The number of hydrogen-bond acceptors (Lipinski definition) is 1. The Kier molecular flexibility index (Phi) is 1.70. The van der Waals surface area contributed by atoms with Crippen LogP contribution in [0.25, 0.3) is 0 Å². The van der Waals surface area contributed by atoms with Gasteiger partial charge in [-0.3, -0.25) is 4.99 Å². The summed E-state index contributed by atoms with van der Waals surface area (Å²) in [5.41, 5.74) is 0.469. The summed E-state index contributed by atoms with van der Waals surface area (Å²) in [6, 6.07) is 0.572. The Bertz CT molecular complexity index is 320. The second-order valence-corrected chi connectivity index (χ2v) is 5.24. The molecule has 1 heterocycles. The van der Waals surface area contributed by atoms with Gasteiger partial charge in [0.25, 0.3) is 0 Å². The minimum Gasteiger partial charge on any atom is -0.286 e. The Morgan fingerprint density at radius 1 is 1.21 bits per heavy atom. The average molecular weight is 187 g/mol. The lowest BCUT2D eigenvalue weighted by molar-refractivity contribution is 0.151. The highest BCUT2D eigenvalue weighted by molar-refractivity contribution is 5.79. The van der Waals surface area contributed by atoms with Gasteiger partial charge in [-0.05, 0) is 36.5 Å². The van der Waals surface area contributed by atoms with Crippen molar-refractivity contribution in [3.63, 3.8) is 0 Å². The van der Waals surface area contributed by atoms with Crippen molar-refractivity contribution in [1.29, 1.82) is 0 Å². The minimum absolute atomic E-state index is 0.469. The van der Waals surface area contributed by atoms with E-state index >= 15 is 0 Å². The van der Waals surface area contributed by atoms with Gasteiger partial charge < -0.3 is 0 Å². The number of aliphatic imine (C=N–C) groups is 1. The smallest absolute Gasteiger partial charge is 0.0896 e. The summed E-state index contributed by atoms with van der Waals surface area (Å²) in [5.74, 6) is 1.59. The third-order valence-electron chi connectivity index (χ3n) is 4.14. The van der Waals surface area contributed by atoms with E-state index in [1.807, 2.05) is 0 Å². The van der Waals surface area contributed by atoms with Gasteiger partial charge >= 0.3 is 0 Å². The predicted molar refractivity (Wildman–Crippen MR) is 59.5 cm³/mol. The summed E-state index contributed by atoms with van der Waals surface area (Å²) in [4.78, 5) is 4.37. The molecule has 1 heteroatoms. The van der Waals surface area contributed by atoms with Crippen LogP contribution in [0.1, 0.15) is 26.2 Å². The molecule has 0 saturated heterocycles. The Morgan fingerprint density at radius 2 is 1.93 bits per heavy atom. The van der Waals surface area contributed by atoms with Crippen molar-refractivity contribution in [1.82, 2.24) is 0 Å². The molecule has 0 radical (unpaired) electrons. The van der Waals surface area contributed by atoms with E-state index in [1.54, 1.807) is 0 Å². The largest absolute Gasteiger partial charge is 0.286 e. The Balaban J connectivity index is 1.77. The van der Waals surface area contributed by atoms with Gasteiger partial charge in [-0.2, -0.15) is 0 Å². The molecule has 2 aliphatic carbocycles. The van der Waals surface area contributed by atoms with E-state index < -0.39 is 0 Å². The predicted octanol–water partition coefficient (Wildman–Crippen LogP) is 2.99. The first kappa shape index (κ1) is 8.46. The van der Waals surface area contributed by atoms with Crippen molar-refractivity contribution in [3.05, 3.63) is 24.3 Å². The van der Waals surface area contributed by atoms with Crippen molar-refractivity contribution in [2.45, 2.75) is 32.2 Å². The van der Waals surface area contributed by atoms with Gasteiger partial charge in [0.15, 0.2) is 0 Å². The van der Waals surface area contributed by atoms with Gasteiger partial charge in [-0.1, -0.05) is 31.2 Å². The molecular weight excluding hydrogens is 170 g/mol. The molecule has 14 heavy (non-hydrogen) atoms. The quantitative estimate of drug-likeness (QED) is 0.598. The van der Waals surface area contributed by atoms with E-state index in [0.717, 1.165) is 11.8 Å². The lowest BCUT2D eigenvalue weighted by atomic mass is 9.63. The van der Waals surface area contributed by atoms with Crippen LogP contribution in [0.3, 0.4) is 0 Å². The van der Waals surface area contributed by atoms with Crippen molar-refractivity contribution >= 4 is 6.21 Å². The molecule has 0 amide bonds. The highest BCUT2D eigenvalue weighted by Gasteiger charge is 2.43. The minimum atomic E-state index is 0.469. The molecule has 1 saturated carbocycles. The summed E-state index contributed by atoms with van der Waals surface area (Å²) in [5, 5.41) is 0. The van der Waals surface area contributed by atoms with E-state index in [4.69, 9.17) is 0 Å². The monoisotopic (exact) mass is 187 g/mol. The van der Waals surface area contributed by atoms with Crippen LogP contribution in [0.5, 0.6) is 0 Å². The summed E-state index contributed by atoms with van der Waals surface area (Å²) in [6.45, 7) is 2.41. The molecule has 0 aromatic carbocycles. The molecular formula is C13H17N. The number of nitrogens with zero attached hydrogens (tertiary/aromatic N) is 1. The average Bonchev–Trinajstić information content (AvgIpc) is 3.01. The van der Waals surface area contributed by atoms with Crippen LogP contribution in [0.2, 0.25) is 0 Å². The lowest BCUT2D eigenvalue weighted by Gasteiger charge is -2.41. The van der Waals surface area contributed by atoms with E-state index in [2.05, 4.69) is 42.4 Å². The van der Waals surface area contributed by atoms with Crippen LogP contribution in [-0.2, 0) is 0 Å². The molecule has 74 valence electrons. The summed E-state index contributed by atoms with van der Waals surface area (Å²) in [7, 11) is 0. The Hall–Kier alpha value is -0.850. The summed E-state index contributed by atoms with van der Waals surface area (Å²) < 4.78 is 0. The highest BCUT2D eigenvalue weighted by Crippen LogP contribution is 2.48. The van der Waals surface area contributed by atoms with E-state index in [9.17, 15) is 0 Å². The van der Waals surface area contributed by atoms with Crippen molar-refractivity contribution in [3.8, 4) is 0 Å². The number of rotatable bonds is 1. The molecule has 1 fully saturated rings. The van der Waals surface area contributed by atoms with Crippen molar-refractivity contribution in [2.24, 2.45) is 22.2 Å². The first-order valence-electron chi connectivity index (χ1n) is 5.66. The molecule has 3 rings (SSSR count). The second kappa shape index (κ2) is 2.82. The lowest BCUT2D eigenvalue weighted by Crippen LogP contribution is -2.35. The number of hydrogen-bond donors (Lipinski definition) is 0. The fourth-order valence-electron chi connectivity index (χ4n) is 3.04. The van der Waals surface area contributed by atoms with Crippen molar-refractivity contribution < 1.29 is 0 Å². The maximum atomic E-state index is 4.37. The molecule has 0 bridgehead atoms. The Morgan fingerprint density at radius 3 is 2.64 bits per heavy atom. The molecule has 4 unspecified atom stereocenters. The normalized spacial score (nSPS) is 49.1. The third-order valence-corrected chi connectivity index (χ3v) is 4.14. The van der Waals surface area contributed by atoms with Crippen LogP contribution >= 0.6 is 0 Å². The molecule has 0 aromatic rings. The fourth-order valence-corrected chi connectivity index (χ4v) is 3.04.